The molecule has 0 radical (unpaired) electrons. The molecule has 1 fully saturated rings. The maximum absolute atomic E-state index is 12.6. The average molecular weight is 377 g/mol. The molecule has 2 amide bonds. The highest BCUT2D eigenvalue weighted by atomic mass is 16.7. The number of hydrogen-bond donors (Lipinski definition) is 1. The van der Waals surface area contributed by atoms with Crippen molar-refractivity contribution in [1.29, 1.82) is 0 Å². The molecule has 1 atom stereocenters. The van der Waals surface area contributed by atoms with Crippen molar-refractivity contribution in [3.63, 3.8) is 0 Å². The predicted octanol–water partition coefficient (Wildman–Crippen LogP) is 3.15. The summed E-state index contributed by atoms with van der Waals surface area (Å²) in [5, 5.41) is 11.5. The quantitative estimate of drug-likeness (QED) is 0.758. The van der Waals surface area contributed by atoms with Crippen LogP contribution < -0.4 is 14.8 Å². The molecular weight excluding hydrogens is 358 g/mol. The molecule has 8 heteroatoms. The largest absolute Gasteiger partial charge is 0.454 e. The molecule has 142 valence electrons. The molecule has 0 bridgehead atoms. The smallest absolute Gasteiger partial charge is 0.321 e. The molecule has 0 saturated carbocycles. The number of benzene rings is 2. The Morgan fingerprint density at radius 2 is 1.96 bits per heavy atom. The van der Waals surface area contributed by atoms with Crippen LogP contribution >= 0.6 is 0 Å². The Kier molecular flexibility index (Phi) is 4.08. The van der Waals surface area contributed by atoms with Crippen LogP contribution in [0.15, 0.2) is 54.7 Å². The van der Waals surface area contributed by atoms with Crippen LogP contribution in [0.25, 0.3) is 11.3 Å². The van der Waals surface area contributed by atoms with Crippen LogP contribution in [0, 0.1) is 0 Å². The summed E-state index contributed by atoms with van der Waals surface area (Å²) in [4.78, 5) is 14.4. The van der Waals surface area contributed by atoms with Crippen molar-refractivity contribution < 1.29 is 14.3 Å². The molecule has 3 aromatic rings. The first kappa shape index (κ1) is 16.6. The van der Waals surface area contributed by atoms with E-state index in [1.807, 2.05) is 47.3 Å². The van der Waals surface area contributed by atoms with Gasteiger partial charge in [-0.15, -0.1) is 5.10 Å². The van der Waals surface area contributed by atoms with E-state index in [2.05, 4.69) is 15.6 Å². The first-order valence-electron chi connectivity index (χ1n) is 9.19. The number of likely N-dealkylation sites (tertiary alicyclic amines) is 1. The van der Waals surface area contributed by atoms with Gasteiger partial charge in [0.2, 0.25) is 6.79 Å². The molecule has 1 saturated heterocycles. The van der Waals surface area contributed by atoms with E-state index in [9.17, 15) is 4.79 Å². The van der Waals surface area contributed by atoms with Crippen LogP contribution in [0.4, 0.5) is 10.5 Å². The van der Waals surface area contributed by atoms with Gasteiger partial charge in [-0.25, -0.2) is 9.48 Å². The molecule has 3 heterocycles. The lowest BCUT2D eigenvalue weighted by atomic mass is 10.2. The Labute approximate surface area is 161 Å². The van der Waals surface area contributed by atoms with Crippen molar-refractivity contribution in [3.05, 3.63) is 54.7 Å². The Balaban J connectivity index is 1.23. The summed E-state index contributed by atoms with van der Waals surface area (Å²) in [5.41, 5.74) is 2.55. The summed E-state index contributed by atoms with van der Waals surface area (Å²) in [6.07, 6.45) is 2.78. The number of carbonyl (C=O) groups excluding carboxylic acids is 1. The van der Waals surface area contributed by atoms with Crippen molar-refractivity contribution >= 4 is 11.7 Å². The fourth-order valence-corrected chi connectivity index (χ4v) is 3.52. The number of aromatic nitrogens is 3. The van der Waals surface area contributed by atoms with E-state index in [1.54, 1.807) is 17.0 Å². The summed E-state index contributed by atoms with van der Waals surface area (Å²) in [6.45, 7) is 1.47. The van der Waals surface area contributed by atoms with Crippen molar-refractivity contribution in [1.82, 2.24) is 19.9 Å². The molecule has 5 rings (SSSR count). The number of urea groups is 1. The second kappa shape index (κ2) is 6.88. The number of rotatable bonds is 3. The standard InChI is InChI=1S/C20H19N5O3/c26-20(21-15-6-7-18-19(10-15)28-13-27-18)24-9-8-16(11-24)25-12-17(22-23-25)14-4-2-1-3-5-14/h1-7,10,12,16H,8-9,11,13H2,(H,21,26). The molecule has 0 spiro atoms. The van der Waals surface area contributed by atoms with Crippen LogP contribution in [-0.4, -0.2) is 45.8 Å². The van der Waals surface area contributed by atoms with Crippen molar-refractivity contribution in [2.45, 2.75) is 12.5 Å². The van der Waals surface area contributed by atoms with Gasteiger partial charge in [-0.2, -0.15) is 0 Å². The van der Waals surface area contributed by atoms with Crippen LogP contribution in [0.3, 0.4) is 0 Å². The van der Waals surface area contributed by atoms with Crippen LogP contribution in [0.5, 0.6) is 11.5 Å². The van der Waals surface area contributed by atoms with E-state index >= 15 is 0 Å². The van der Waals surface area contributed by atoms with E-state index in [-0.39, 0.29) is 18.9 Å². The van der Waals surface area contributed by atoms with Gasteiger partial charge in [0.05, 0.1) is 12.2 Å². The first-order valence-corrected chi connectivity index (χ1v) is 9.19. The summed E-state index contributed by atoms with van der Waals surface area (Å²) in [5.74, 6) is 1.34. The molecule has 8 nitrogen and oxygen atoms in total. The number of ether oxygens (including phenoxy) is 2. The van der Waals surface area contributed by atoms with Gasteiger partial charge < -0.3 is 19.7 Å². The lowest BCUT2D eigenvalue weighted by molar-refractivity contribution is 0.174. The summed E-state index contributed by atoms with van der Waals surface area (Å²) >= 11 is 0. The van der Waals surface area contributed by atoms with E-state index in [4.69, 9.17) is 9.47 Å². The van der Waals surface area contributed by atoms with Gasteiger partial charge in [0.1, 0.15) is 5.69 Å². The third-order valence-electron chi connectivity index (χ3n) is 5.03. The van der Waals surface area contributed by atoms with Crippen molar-refractivity contribution in [3.8, 4) is 22.8 Å². The van der Waals surface area contributed by atoms with E-state index < -0.39 is 0 Å². The van der Waals surface area contributed by atoms with Crippen molar-refractivity contribution in [2.24, 2.45) is 0 Å². The Hall–Kier alpha value is -3.55. The van der Waals surface area contributed by atoms with E-state index in [0.717, 1.165) is 17.7 Å². The molecule has 1 N–H and O–H groups in total. The second-order valence-electron chi connectivity index (χ2n) is 6.84. The number of anilines is 1. The number of hydrogen-bond acceptors (Lipinski definition) is 5. The highest BCUT2D eigenvalue weighted by Gasteiger charge is 2.28. The van der Waals surface area contributed by atoms with Gasteiger partial charge in [-0.05, 0) is 18.6 Å². The summed E-state index contributed by atoms with van der Waals surface area (Å²) < 4.78 is 12.5. The number of nitrogens with one attached hydrogen (secondary N) is 1. The zero-order valence-electron chi connectivity index (χ0n) is 15.1. The number of nitrogens with zero attached hydrogens (tertiary/aromatic N) is 4. The molecule has 28 heavy (non-hydrogen) atoms. The molecule has 1 unspecified atom stereocenters. The predicted molar refractivity (Wildman–Crippen MR) is 102 cm³/mol. The van der Waals surface area contributed by atoms with Gasteiger partial charge in [0.15, 0.2) is 11.5 Å². The lowest BCUT2D eigenvalue weighted by Gasteiger charge is -2.17. The molecule has 1 aromatic heterocycles. The van der Waals surface area contributed by atoms with Gasteiger partial charge in [0.25, 0.3) is 0 Å². The molecule has 0 aliphatic carbocycles. The minimum Gasteiger partial charge on any atom is -0.454 e. The average Bonchev–Trinajstić information content (AvgIpc) is 3.47. The van der Waals surface area contributed by atoms with E-state index in [1.165, 1.54) is 0 Å². The normalized spacial score (nSPS) is 17.7. The third kappa shape index (κ3) is 3.13. The zero-order chi connectivity index (χ0) is 18.9. The maximum atomic E-state index is 12.6. The number of amides is 2. The fraction of sp³-hybridized carbons (Fsp3) is 0.250. The summed E-state index contributed by atoms with van der Waals surface area (Å²) in [7, 11) is 0. The Morgan fingerprint density at radius 1 is 1.11 bits per heavy atom. The number of fused-ring (bicyclic) bond motifs is 1. The van der Waals surface area contributed by atoms with Gasteiger partial charge in [-0.3, -0.25) is 0 Å². The van der Waals surface area contributed by atoms with Crippen molar-refractivity contribution in [2.75, 3.05) is 25.2 Å². The highest BCUT2D eigenvalue weighted by molar-refractivity contribution is 5.90. The lowest BCUT2D eigenvalue weighted by Crippen LogP contribution is -2.33. The minimum absolute atomic E-state index is 0.118. The van der Waals surface area contributed by atoms with Gasteiger partial charge in [-0.1, -0.05) is 35.5 Å². The molecular formula is C20H19N5O3. The van der Waals surface area contributed by atoms with Gasteiger partial charge >= 0.3 is 6.03 Å². The minimum atomic E-state index is -0.134. The summed E-state index contributed by atoms with van der Waals surface area (Å²) in [6, 6.07) is 15.3. The monoisotopic (exact) mass is 377 g/mol. The first-order chi connectivity index (χ1) is 13.8. The van der Waals surface area contributed by atoms with Gasteiger partial charge in [0, 0.05) is 30.4 Å². The van der Waals surface area contributed by atoms with Crippen LogP contribution in [0.2, 0.25) is 0 Å². The third-order valence-corrected chi connectivity index (χ3v) is 5.03. The van der Waals surface area contributed by atoms with Crippen LogP contribution in [-0.2, 0) is 0 Å². The SMILES string of the molecule is O=C(Nc1ccc2c(c1)OCO2)N1CCC(n2cc(-c3ccccc3)nn2)C1. The molecule has 2 aromatic carbocycles. The zero-order valence-corrected chi connectivity index (χ0v) is 15.1. The molecule has 2 aliphatic rings. The Morgan fingerprint density at radius 3 is 2.86 bits per heavy atom. The maximum Gasteiger partial charge on any atom is 0.321 e. The van der Waals surface area contributed by atoms with E-state index in [0.29, 0.717) is 30.3 Å². The topological polar surface area (TPSA) is 81.5 Å². The fourth-order valence-electron chi connectivity index (χ4n) is 3.52. The number of carbonyl (C=O) groups is 1. The Bertz CT molecular complexity index is 1000. The molecule has 2 aliphatic heterocycles. The van der Waals surface area contributed by atoms with Crippen LogP contribution in [0.1, 0.15) is 12.5 Å². The second-order valence-corrected chi connectivity index (χ2v) is 6.84. The highest BCUT2D eigenvalue weighted by Crippen LogP contribution is 2.34.